The van der Waals surface area contributed by atoms with Gasteiger partial charge in [0.05, 0.1) is 18.4 Å². The molecule has 174 valence electrons. The molecule has 2 N–H and O–H groups in total. The van der Waals surface area contributed by atoms with Gasteiger partial charge >= 0.3 is 6.18 Å². The molecule has 8 heteroatoms. The van der Waals surface area contributed by atoms with Crippen LogP contribution in [0.4, 0.5) is 13.2 Å². The minimum atomic E-state index is -4.40. The maximum atomic E-state index is 13.0. The van der Waals surface area contributed by atoms with Crippen LogP contribution in [0, 0.1) is 0 Å². The summed E-state index contributed by atoms with van der Waals surface area (Å²) in [5, 5.41) is 5.93. The Balaban J connectivity index is 1.84. The van der Waals surface area contributed by atoms with Crippen LogP contribution < -0.4 is 15.4 Å². The number of aromatic nitrogens is 1. The van der Waals surface area contributed by atoms with Crippen molar-refractivity contribution >= 4 is 5.91 Å². The predicted octanol–water partition coefficient (Wildman–Crippen LogP) is 4.71. The number of halogens is 3. The molecule has 33 heavy (non-hydrogen) atoms. The monoisotopic (exact) mass is 457 g/mol. The minimum Gasteiger partial charge on any atom is -0.497 e. The van der Waals surface area contributed by atoms with Crippen molar-refractivity contribution in [3.63, 3.8) is 0 Å². The average Bonchev–Trinajstić information content (AvgIpc) is 2.84. The Hall–Kier alpha value is -3.39. The zero-order chi connectivity index (χ0) is 23.8. The van der Waals surface area contributed by atoms with Crippen molar-refractivity contribution < 1.29 is 22.7 Å². The molecular weight excluding hydrogens is 431 g/mol. The summed E-state index contributed by atoms with van der Waals surface area (Å²) in [6.07, 6.45) is -2.29. The molecule has 2 aromatic carbocycles. The van der Waals surface area contributed by atoms with E-state index in [2.05, 4.69) is 15.6 Å². The molecule has 0 unspecified atom stereocenters. The van der Waals surface area contributed by atoms with E-state index in [-0.39, 0.29) is 11.8 Å². The number of alkyl halides is 3. The lowest BCUT2D eigenvalue weighted by molar-refractivity contribution is -0.137. The topological polar surface area (TPSA) is 63.2 Å². The van der Waals surface area contributed by atoms with Gasteiger partial charge in [0.25, 0.3) is 0 Å². The molecule has 5 nitrogen and oxygen atoms in total. The lowest BCUT2D eigenvalue weighted by Crippen LogP contribution is -2.36. The molecule has 1 heterocycles. The van der Waals surface area contributed by atoms with Gasteiger partial charge in [-0.15, -0.1) is 0 Å². The predicted molar refractivity (Wildman–Crippen MR) is 120 cm³/mol. The fourth-order valence-electron chi connectivity index (χ4n) is 3.66. The SMILES string of the molecule is CNC(=O)[C@H](NCC[C@@H](c1ccc(C(F)(F)F)cc1)c1cc(OC)ccn1)c1ccccc1. The van der Waals surface area contributed by atoms with Gasteiger partial charge in [0, 0.05) is 25.2 Å². The van der Waals surface area contributed by atoms with Crippen molar-refractivity contribution in [2.24, 2.45) is 0 Å². The zero-order valence-corrected chi connectivity index (χ0v) is 18.4. The van der Waals surface area contributed by atoms with Crippen LogP contribution >= 0.6 is 0 Å². The summed E-state index contributed by atoms with van der Waals surface area (Å²) in [6, 6.07) is 17.4. The van der Waals surface area contributed by atoms with Crippen LogP contribution in [0.1, 0.15) is 40.8 Å². The Kier molecular flexibility index (Phi) is 8.06. The molecule has 1 amide bonds. The smallest absolute Gasteiger partial charge is 0.416 e. The van der Waals surface area contributed by atoms with E-state index in [4.69, 9.17) is 4.74 Å². The van der Waals surface area contributed by atoms with Crippen LogP contribution in [0.25, 0.3) is 0 Å². The van der Waals surface area contributed by atoms with E-state index in [1.807, 2.05) is 30.3 Å². The van der Waals surface area contributed by atoms with Gasteiger partial charge in [-0.05, 0) is 42.3 Å². The van der Waals surface area contributed by atoms with Gasteiger partial charge in [0.2, 0.25) is 5.91 Å². The van der Waals surface area contributed by atoms with Gasteiger partial charge in [-0.3, -0.25) is 9.78 Å². The van der Waals surface area contributed by atoms with Gasteiger partial charge in [-0.25, -0.2) is 0 Å². The molecular formula is C25H26F3N3O2. The van der Waals surface area contributed by atoms with Gasteiger partial charge in [-0.2, -0.15) is 13.2 Å². The second-order valence-electron chi connectivity index (χ2n) is 7.49. The van der Waals surface area contributed by atoms with E-state index < -0.39 is 17.8 Å². The van der Waals surface area contributed by atoms with Crippen LogP contribution in [0.15, 0.2) is 72.9 Å². The molecule has 0 saturated heterocycles. The second kappa shape index (κ2) is 11.0. The highest BCUT2D eigenvalue weighted by Crippen LogP contribution is 2.33. The number of nitrogens with zero attached hydrogens (tertiary/aromatic N) is 1. The normalized spacial score (nSPS) is 13.2. The number of pyridine rings is 1. The molecule has 3 aromatic rings. The molecule has 3 rings (SSSR count). The fraction of sp³-hybridized carbons (Fsp3) is 0.280. The third-order valence-corrected chi connectivity index (χ3v) is 5.41. The number of carbonyl (C=O) groups excluding carboxylic acids is 1. The van der Waals surface area contributed by atoms with Gasteiger partial charge < -0.3 is 15.4 Å². The Labute approximate surface area is 191 Å². The first-order valence-corrected chi connectivity index (χ1v) is 10.5. The highest BCUT2D eigenvalue weighted by molar-refractivity contribution is 5.82. The summed E-state index contributed by atoms with van der Waals surface area (Å²) in [6.45, 7) is 0.428. The van der Waals surface area contributed by atoms with Crippen LogP contribution in [0.2, 0.25) is 0 Å². The summed E-state index contributed by atoms with van der Waals surface area (Å²) in [5.41, 5.74) is 1.49. The van der Waals surface area contributed by atoms with E-state index in [0.717, 1.165) is 17.7 Å². The third kappa shape index (κ3) is 6.32. The molecule has 0 aliphatic rings. The van der Waals surface area contributed by atoms with Crippen molar-refractivity contribution in [3.8, 4) is 5.75 Å². The van der Waals surface area contributed by atoms with Crippen molar-refractivity contribution in [3.05, 3.63) is 95.3 Å². The number of benzene rings is 2. The summed E-state index contributed by atoms with van der Waals surface area (Å²) >= 11 is 0. The molecule has 0 aliphatic carbocycles. The summed E-state index contributed by atoms with van der Waals surface area (Å²) in [5.74, 6) is 0.139. The molecule has 0 saturated carbocycles. The molecule has 0 spiro atoms. The second-order valence-corrected chi connectivity index (χ2v) is 7.49. The van der Waals surface area contributed by atoms with Crippen molar-refractivity contribution in [1.29, 1.82) is 0 Å². The lowest BCUT2D eigenvalue weighted by Gasteiger charge is -2.22. The quantitative estimate of drug-likeness (QED) is 0.489. The molecule has 0 fully saturated rings. The first-order valence-electron chi connectivity index (χ1n) is 10.5. The zero-order valence-electron chi connectivity index (χ0n) is 18.4. The van der Waals surface area contributed by atoms with E-state index in [1.54, 1.807) is 32.5 Å². The molecule has 0 radical (unpaired) electrons. The number of ether oxygens (including phenoxy) is 1. The van der Waals surface area contributed by atoms with Gasteiger partial charge in [0.1, 0.15) is 11.8 Å². The van der Waals surface area contributed by atoms with Crippen LogP contribution in [0.3, 0.4) is 0 Å². The van der Waals surface area contributed by atoms with E-state index in [9.17, 15) is 18.0 Å². The first-order chi connectivity index (χ1) is 15.8. The Morgan fingerprint density at radius 2 is 1.73 bits per heavy atom. The van der Waals surface area contributed by atoms with Gasteiger partial charge in [0.15, 0.2) is 0 Å². The maximum absolute atomic E-state index is 13.0. The van der Waals surface area contributed by atoms with Crippen LogP contribution in [-0.4, -0.2) is 31.6 Å². The number of carbonyl (C=O) groups is 1. The molecule has 1 aromatic heterocycles. The van der Waals surface area contributed by atoms with Crippen LogP contribution in [-0.2, 0) is 11.0 Å². The average molecular weight is 457 g/mol. The van der Waals surface area contributed by atoms with E-state index >= 15 is 0 Å². The number of amides is 1. The summed E-state index contributed by atoms with van der Waals surface area (Å²) in [4.78, 5) is 16.9. The Morgan fingerprint density at radius 1 is 1.03 bits per heavy atom. The maximum Gasteiger partial charge on any atom is 0.416 e. The van der Waals surface area contributed by atoms with E-state index in [1.165, 1.54) is 12.1 Å². The standard InChI is InChI=1S/C25H26F3N3O2/c1-29-24(32)23(18-6-4-3-5-7-18)31-15-13-21(22-16-20(33-2)12-14-30-22)17-8-10-19(11-9-17)25(26,27)28/h3-12,14,16,21,23,31H,13,15H2,1-2H3,(H,29,32)/t21-,23+/m0/s1. The third-order valence-electron chi connectivity index (χ3n) is 5.41. The molecule has 0 bridgehead atoms. The number of nitrogens with one attached hydrogen (secondary N) is 2. The number of likely N-dealkylation sites (N-methyl/N-ethyl adjacent to an activating group) is 1. The molecule has 0 aliphatic heterocycles. The minimum absolute atomic E-state index is 0.174. The number of hydrogen-bond donors (Lipinski definition) is 2. The van der Waals surface area contributed by atoms with E-state index in [0.29, 0.717) is 30.0 Å². The lowest BCUT2D eigenvalue weighted by atomic mass is 9.91. The Bertz CT molecular complexity index is 1040. The summed E-state index contributed by atoms with van der Waals surface area (Å²) < 4.78 is 44.4. The molecule has 2 atom stereocenters. The van der Waals surface area contributed by atoms with Crippen molar-refractivity contribution in [2.75, 3.05) is 20.7 Å². The number of hydrogen-bond acceptors (Lipinski definition) is 4. The van der Waals surface area contributed by atoms with Crippen molar-refractivity contribution in [2.45, 2.75) is 24.6 Å². The van der Waals surface area contributed by atoms with Gasteiger partial charge in [-0.1, -0.05) is 42.5 Å². The largest absolute Gasteiger partial charge is 0.497 e. The number of rotatable bonds is 9. The Morgan fingerprint density at radius 3 is 2.33 bits per heavy atom. The fourth-order valence-corrected chi connectivity index (χ4v) is 3.66. The highest BCUT2D eigenvalue weighted by atomic mass is 19.4. The highest BCUT2D eigenvalue weighted by Gasteiger charge is 2.30. The van der Waals surface area contributed by atoms with Crippen molar-refractivity contribution in [1.82, 2.24) is 15.6 Å². The number of methoxy groups -OCH3 is 1. The first kappa shape index (κ1) is 24.3. The van der Waals surface area contributed by atoms with Crippen LogP contribution in [0.5, 0.6) is 5.75 Å². The summed E-state index contributed by atoms with van der Waals surface area (Å²) in [7, 11) is 3.12.